The van der Waals surface area contributed by atoms with Crippen LogP contribution in [-0.2, 0) is 12.8 Å². The van der Waals surface area contributed by atoms with Gasteiger partial charge in [0.05, 0.1) is 6.04 Å². The molecule has 0 radical (unpaired) electrons. The maximum absolute atomic E-state index is 5.70. The van der Waals surface area contributed by atoms with Crippen LogP contribution in [0.25, 0.3) is 11.5 Å². The molecule has 1 unspecified atom stereocenters. The van der Waals surface area contributed by atoms with E-state index in [1.54, 1.807) is 0 Å². The minimum absolute atomic E-state index is 0.0840. The van der Waals surface area contributed by atoms with Crippen molar-refractivity contribution >= 4 is 0 Å². The average molecular weight is 243 g/mol. The zero-order chi connectivity index (χ0) is 12.5. The molecule has 1 aliphatic carbocycles. The Balaban J connectivity index is 1.92. The minimum Gasteiger partial charge on any atom is -0.419 e. The van der Waals surface area contributed by atoms with Crippen LogP contribution < -0.4 is 5.32 Å². The first-order valence-corrected chi connectivity index (χ1v) is 6.41. The Hall–Kier alpha value is -1.68. The maximum Gasteiger partial charge on any atom is 0.247 e. The fraction of sp³-hybridized carbons (Fsp3) is 0.429. The second kappa shape index (κ2) is 4.53. The van der Waals surface area contributed by atoms with Crippen LogP contribution in [0, 0.1) is 0 Å². The zero-order valence-corrected chi connectivity index (χ0v) is 10.7. The normalized spacial score (nSPS) is 15.7. The molecule has 1 N–H and O–H groups in total. The lowest BCUT2D eigenvalue weighted by Gasteiger charge is -2.03. The summed E-state index contributed by atoms with van der Waals surface area (Å²) >= 11 is 0. The number of aryl methyl sites for hydroxylation is 2. The molecular formula is C14H17N3O. The van der Waals surface area contributed by atoms with E-state index in [4.69, 9.17) is 4.42 Å². The van der Waals surface area contributed by atoms with Crippen LogP contribution in [0.3, 0.4) is 0 Å². The average Bonchev–Trinajstić information content (AvgIpc) is 3.05. The third-order valence-corrected chi connectivity index (χ3v) is 3.59. The molecule has 94 valence electrons. The minimum atomic E-state index is 0.0840. The molecule has 0 saturated heterocycles. The van der Waals surface area contributed by atoms with E-state index >= 15 is 0 Å². The molecule has 0 spiro atoms. The molecule has 0 aliphatic heterocycles. The number of nitrogens with zero attached hydrogens (tertiary/aromatic N) is 2. The van der Waals surface area contributed by atoms with Gasteiger partial charge < -0.3 is 9.73 Å². The summed E-state index contributed by atoms with van der Waals surface area (Å²) < 4.78 is 5.70. The number of rotatable bonds is 3. The summed E-state index contributed by atoms with van der Waals surface area (Å²) in [4.78, 5) is 0. The quantitative estimate of drug-likeness (QED) is 0.900. The van der Waals surface area contributed by atoms with Crippen LogP contribution in [0.2, 0.25) is 0 Å². The van der Waals surface area contributed by atoms with Crippen LogP contribution in [-0.4, -0.2) is 17.2 Å². The highest BCUT2D eigenvalue weighted by Crippen LogP contribution is 2.28. The van der Waals surface area contributed by atoms with Crippen molar-refractivity contribution in [3.8, 4) is 11.5 Å². The number of hydrogen-bond acceptors (Lipinski definition) is 4. The van der Waals surface area contributed by atoms with E-state index in [0.717, 1.165) is 12.0 Å². The Morgan fingerprint density at radius 3 is 2.89 bits per heavy atom. The third-order valence-electron chi connectivity index (χ3n) is 3.59. The molecule has 3 rings (SSSR count). The summed E-state index contributed by atoms with van der Waals surface area (Å²) in [6.45, 7) is 2.00. The van der Waals surface area contributed by atoms with Crippen molar-refractivity contribution in [2.24, 2.45) is 0 Å². The van der Waals surface area contributed by atoms with Gasteiger partial charge in [0.2, 0.25) is 11.8 Å². The van der Waals surface area contributed by atoms with E-state index in [9.17, 15) is 0 Å². The molecule has 1 aliphatic rings. The van der Waals surface area contributed by atoms with Gasteiger partial charge in [-0.1, -0.05) is 6.07 Å². The fourth-order valence-corrected chi connectivity index (χ4v) is 2.35. The second-order valence-corrected chi connectivity index (χ2v) is 4.79. The Morgan fingerprint density at radius 2 is 2.06 bits per heavy atom. The molecule has 18 heavy (non-hydrogen) atoms. The van der Waals surface area contributed by atoms with Gasteiger partial charge in [0, 0.05) is 5.56 Å². The van der Waals surface area contributed by atoms with Gasteiger partial charge in [-0.25, -0.2) is 0 Å². The van der Waals surface area contributed by atoms with Crippen molar-refractivity contribution in [3.63, 3.8) is 0 Å². The first kappa shape index (κ1) is 11.4. The molecule has 1 atom stereocenters. The highest BCUT2D eigenvalue weighted by atomic mass is 16.4. The highest BCUT2D eigenvalue weighted by molar-refractivity contribution is 5.56. The summed E-state index contributed by atoms with van der Waals surface area (Å²) in [5.41, 5.74) is 3.91. The molecule has 1 aromatic carbocycles. The van der Waals surface area contributed by atoms with Crippen LogP contribution in [0.4, 0.5) is 0 Å². The molecule has 0 bridgehead atoms. The van der Waals surface area contributed by atoms with E-state index in [2.05, 4.69) is 33.7 Å². The Morgan fingerprint density at radius 1 is 1.22 bits per heavy atom. The van der Waals surface area contributed by atoms with Gasteiger partial charge in [-0.05, 0) is 56.5 Å². The number of hydrogen-bond donors (Lipinski definition) is 1. The third kappa shape index (κ3) is 1.93. The first-order chi connectivity index (χ1) is 8.78. The molecule has 4 heteroatoms. The largest absolute Gasteiger partial charge is 0.419 e. The lowest BCUT2D eigenvalue weighted by molar-refractivity contribution is 0.441. The molecule has 1 heterocycles. The van der Waals surface area contributed by atoms with E-state index in [1.165, 1.54) is 24.0 Å². The predicted octanol–water partition coefficient (Wildman–Crippen LogP) is 2.51. The summed E-state index contributed by atoms with van der Waals surface area (Å²) in [5.74, 6) is 1.25. The Labute approximate surface area is 106 Å². The monoisotopic (exact) mass is 243 g/mol. The highest BCUT2D eigenvalue weighted by Gasteiger charge is 2.16. The SMILES string of the molecule is CNC(C)c1nnc(-c2ccc3c(c2)CCC3)o1. The van der Waals surface area contributed by atoms with Gasteiger partial charge >= 0.3 is 0 Å². The summed E-state index contributed by atoms with van der Waals surface area (Å²) in [6.07, 6.45) is 3.61. The fourth-order valence-electron chi connectivity index (χ4n) is 2.35. The molecule has 0 amide bonds. The maximum atomic E-state index is 5.70. The van der Waals surface area contributed by atoms with E-state index in [-0.39, 0.29) is 6.04 Å². The lowest BCUT2D eigenvalue weighted by atomic mass is 10.1. The van der Waals surface area contributed by atoms with Gasteiger partial charge in [0.25, 0.3) is 0 Å². The van der Waals surface area contributed by atoms with Crippen molar-refractivity contribution in [1.29, 1.82) is 0 Å². The number of aromatic nitrogens is 2. The van der Waals surface area contributed by atoms with Crippen LogP contribution in [0.1, 0.15) is 36.4 Å². The van der Waals surface area contributed by atoms with Crippen molar-refractivity contribution in [2.75, 3.05) is 7.05 Å². The van der Waals surface area contributed by atoms with Crippen LogP contribution in [0.5, 0.6) is 0 Å². The molecule has 2 aromatic rings. The molecule has 4 nitrogen and oxygen atoms in total. The number of nitrogens with one attached hydrogen (secondary N) is 1. The van der Waals surface area contributed by atoms with Crippen LogP contribution >= 0.6 is 0 Å². The second-order valence-electron chi connectivity index (χ2n) is 4.79. The van der Waals surface area contributed by atoms with Gasteiger partial charge in [-0.2, -0.15) is 0 Å². The molecule has 0 saturated carbocycles. The smallest absolute Gasteiger partial charge is 0.247 e. The van der Waals surface area contributed by atoms with Gasteiger partial charge in [0.15, 0.2) is 0 Å². The van der Waals surface area contributed by atoms with E-state index in [0.29, 0.717) is 11.8 Å². The van der Waals surface area contributed by atoms with Crippen molar-refractivity contribution in [1.82, 2.24) is 15.5 Å². The van der Waals surface area contributed by atoms with Crippen molar-refractivity contribution < 1.29 is 4.42 Å². The van der Waals surface area contributed by atoms with Gasteiger partial charge in [-0.3, -0.25) is 0 Å². The molecule has 1 aromatic heterocycles. The molecular weight excluding hydrogens is 226 g/mol. The lowest BCUT2D eigenvalue weighted by Crippen LogP contribution is -2.12. The van der Waals surface area contributed by atoms with Crippen molar-refractivity contribution in [3.05, 3.63) is 35.2 Å². The van der Waals surface area contributed by atoms with E-state index < -0.39 is 0 Å². The predicted molar refractivity (Wildman–Crippen MR) is 69.2 cm³/mol. The van der Waals surface area contributed by atoms with Crippen LogP contribution in [0.15, 0.2) is 22.6 Å². The zero-order valence-electron chi connectivity index (χ0n) is 10.7. The number of benzene rings is 1. The summed E-state index contributed by atoms with van der Waals surface area (Å²) in [6, 6.07) is 6.53. The van der Waals surface area contributed by atoms with E-state index in [1.807, 2.05) is 14.0 Å². The Kier molecular flexibility index (Phi) is 2.88. The van der Waals surface area contributed by atoms with Gasteiger partial charge in [-0.15, -0.1) is 10.2 Å². The summed E-state index contributed by atoms with van der Waals surface area (Å²) in [5, 5.41) is 11.3. The van der Waals surface area contributed by atoms with Gasteiger partial charge in [0.1, 0.15) is 0 Å². The first-order valence-electron chi connectivity index (χ1n) is 6.41. The molecule has 0 fully saturated rings. The van der Waals surface area contributed by atoms with Crippen molar-refractivity contribution in [2.45, 2.75) is 32.2 Å². The topological polar surface area (TPSA) is 51.0 Å². The summed E-state index contributed by atoms with van der Waals surface area (Å²) in [7, 11) is 1.88. The standard InChI is InChI=1S/C14H17N3O/c1-9(15-2)13-16-17-14(18-13)12-7-6-10-4-3-5-11(10)8-12/h6-9,15H,3-5H2,1-2H3. The Bertz CT molecular complexity index is 562. The number of fused-ring (bicyclic) bond motifs is 1.